The van der Waals surface area contributed by atoms with Gasteiger partial charge in [0.15, 0.2) is 0 Å². The third-order valence-corrected chi connectivity index (χ3v) is 3.24. The van der Waals surface area contributed by atoms with Crippen molar-refractivity contribution in [2.24, 2.45) is 0 Å². The summed E-state index contributed by atoms with van der Waals surface area (Å²) in [5, 5.41) is 2.89. The summed E-state index contributed by atoms with van der Waals surface area (Å²) in [5.74, 6) is 2.47. The summed E-state index contributed by atoms with van der Waals surface area (Å²) in [4.78, 5) is 16.0. The zero-order chi connectivity index (χ0) is 12.9. The van der Waals surface area contributed by atoms with Gasteiger partial charge in [0.25, 0.3) is 5.91 Å². The number of pyridine rings is 1. The monoisotopic (exact) mass is 294 g/mol. The highest BCUT2D eigenvalue weighted by atomic mass is 79.9. The van der Waals surface area contributed by atoms with E-state index in [1.54, 1.807) is 12.3 Å². The van der Waals surface area contributed by atoms with Gasteiger partial charge in [0, 0.05) is 16.9 Å². The Labute approximate surface area is 110 Å². The Balaban J connectivity index is 2.89. The summed E-state index contributed by atoms with van der Waals surface area (Å²) in [6.45, 7) is 3.92. The smallest absolute Gasteiger partial charge is 0.254 e. The Hall–Kier alpha value is -1.34. The minimum Gasteiger partial charge on any atom is -0.336 e. The third-order valence-electron chi connectivity index (χ3n) is 2.80. The molecule has 1 rings (SSSR count). The second-order valence-electron chi connectivity index (χ2n) is 3.78. The molecule has 3 nitrogen and oxygen atoms in total. The summed E-state index contributed by atoms with van der Waals surface area (Å²) in [5.41, 5.74) is -0.0692. The second kappa shape index (κ2) is 5.83. The molecule has 0 bridgehead atoms. The van der Waals surface area contributed by atoms with E-state index in [1.807, 2.05) is 13.8 Å². The number of rotatable bonds is 4. The first-order chi connectivity index (χ1) is 8.06. The third kappa shape index (κ3) is 3.31. The Kier molecular flexibility index (Phi) is 4.71. The van der Waals surface area contributed by atoms with Crippen LogP contribution in [0.1, 0.15) is 37.0 Å². The van der Waals surface area contributed by atoms with Crippen LogP contribution in [0.2, 0.25) is 0 Å². The molecule has 1 amide bonds. The van der Waals surface area contributed by atoms with Crippen LogP contribution in [0.5, 0.6) is 0 Å². The van der Waals surface area contributed by atoms with Gasteiger partial charge in [-0.05, 0) is 34.8 Å². The first-order valence-corrected chi connectivity index (χ1v) is 6.27. The molecule has 4 heteroatoms. The maximum absolute atomic E-state index is 12.0. The standard InChI is InChI=1S/C13H15BrN2O/c1-4-13(5-2,6-3)16-12(17)10-7-11(14)9-15-8-10/h1,7-9H,5-6H2,2-3H3,(H,16,17). The lowest BCUT2D eigenvalue weighted by molar-refractivity contribution is 0.0916. The fourth-order valence-corrected chi connectivity index (χ4v) is 1.86. The normalized spacial score (nSPS) is 10.7. The van der Waals surface area contributed by atoms with E-state index in [4.69, 9.17) is 6.42 Å². The minimum absolute atomic E-state index is 0.194. The van der Waals surface area contributed by atoms with E-state index in [-0.39, 0.29) is 5.91 Å². The van der Waals surface area contributed by atoms with Gasteiger partial charge in [-0.25, -0.2) is 0 Å². The van der Waals surface area contributed by atoms with Crippen LogP contribution in [-0.4, -0.2) is 16.4 Å². The van der Waals surface area contributed by atoms with Gasteiger partial charge in [0.2, 0.25) is 0 Å². The largest absolute Gasteiger partial charge is 0.336 e. The SMILES string of the molecule is C#CC(CC)(CC)NC(=O)c1cncc(Br)c1. The Morgan fingerprint density at radius 1 is 1.53 bits per heavy atom. The average Bonchev–Trinajstić information content (AvgIpc) is 2.36. The molecule has 0 atom stereocenters. The van der Waals surface area contributed by atoms with Crippen molar-refractivity contribution in [2.75, 3.05) is 0 Å². The topological polar surface area (TPSA) is 42.0 Å². The van der Waals surface area contributed by atoms with Crippen LogP contribution in [0.4, 0.5) is 0 Å². The Morgan fingerprint density at radius 2 is 2.18 bits per heavy atom. The van der Waals surface area contributed by atoms with E-state index in [0.717, 1.165) is 4.47 Å². The molecule has 0 aliphatic heterocycles. The number of hydrogen-bond acceptors (Lipinski definition) is 2. The number of amides is 1. The molecule has 1 N–H and O–H groups in total. The summed E-state index contributed by atoms with van der Waals surface area (Å²) >= 11 is 3.28. The van der Waals surface area contributed by atoms with Gasteiger partial charge in [-0.2, -0.15) is 0 Å². The van der Waals surface area contributed by atoms with Gasteiger partial charge in [-0.15, -0.1) is 6.42 Å². The van der Waals surface area contributed by atoms with Crippen LogP contribution in [0.25, 0.3) is 0 Å². The second-order valence-corrected chi connectivity index (χ2v) is 4.70. The minimum atomic E-state index is -0.570. The summed E-state index contributed by atoms with van der Waals surface area (Å²) in [6.07, 6.45) is 10.0. The van der Waals surface area contributed by atoms with Crippen molar-refractivity contribution in [3.8, 4) is 12.3 Å². The number of aromatic nitrogens is 1. The van der Waals surface area contributed by atoms with Gasteiger partial charge in [0.1, 0.15) is 5.54 Å². The van der Waals surface area contributed by atoms with Crippen molar-refractivity contribution in [3.63, 3.8) is 0 Å². The van der Waals surface area contributed by atoms with Crippen molar-refractivity contribution in [3.05, 3.63) is 28.5 Å². The predicted molar refractivity (Wildman–Crippen MR) is 71.5 cm³/mol. The number of carbonyl (C=O) groups is 1. The first-order valence-electron chi connectivity index (χ1n) is 5.47. The van der Waals surface area contributed by atoms with Crippen molar-refractivity contribution in [1.29, 1.82) is 0 Å². The van der Waals surface area contributed by atoms with E-state index < -0.39 is 5.54 Å². The summed E-state index contributed by atoms with van der Waals surface area (Å²) < 4.78 is 0.768. The fraction of sp³-hybridized carbons (Fsp3) is 0.385. The van der Waals surface area contributed by atoms with Crippen molar-refractivity contribution in [1.82, 2.24) is 10.3 Å². The van der Waals surface area contributed by atoms with E-state index in [1.165, 1.54) is 6.20 Å². The number of halogens is 1. The number of hydrogen-bond donors (Lipinski definition) is 1. The molecule has 1 aromatic rings. The molecule has 0 saturated heterocycles. The quantitative estimate of drug-likeness (QED) is 0.868. The molecule has 0 radical (unpaired) electrons. The zero-order valence-electron chi connectivity index (χ0n) is 9.96. The summed E-state index contributed by atoms with van der Waals surface area (Å²) in [6, 6.07) is 1.72. The highest BCUT2D eigenvalue weighted by Gasteiger charge is 2.25. The molecular weight excluding hydrogens is 280 g/mol. The van der Waals surface area contributed by atoms with Crippen LogP contribution < -0.4 is 5.32 Å². The van der Waals surface area contributed by atoms with Crippen molar-refractivity contribution >= 4 is 21.8 Å². The number of nitrogens with zero attached hydrogens (tertiary/aromatic N) is 1. The van der Waals surface area contributed by atoms with E-state index >= 15 is 0 Å². The molecule has 1 aromatic heterocycles. The first kappa shape index (κ1) is 13.7. The van der Waals surface area contributed by atoms with Gasteiger partial charge < -0.3 is 5.32 Å². The molecule has 0 fully saturated rings. The Bertz CT molecular complexity index is 447. The molecule has 0 spiro atoms. The highest BCUT2D eigenvalue weighted by molar-refractivity contribution is 9.10. The summed E-state index contributed by atoms with van der Waals surface area (Å²) in [7, 11) is 0. The van der Waals surface area contributed by atoms with Crippen LogP contribution >= 0.6 is 15.9 Å². The van der Waals surface area contributed by atoms with Crippen molar-refractivity contribution < 1.29 is 4.79 Å². The van der Waals surface area contributed by atoms with E-state index in [0.29, 0.717) is 18.4 Å². The molecule has 90 valence electrons. The maximum Gasteiger partial charge on any atom is 0.254 e. The van der Waals surface area contributed by atoms with Gasteiger partial charge >= 0.3 is 0 Å². The lowest BCUT2D eigenvalue weighted by Crippen LogP contribution is -2.46. The molecular formula is C13H15BrN2O. The molecule has 17 heavy (non-hydrogen) atoms. The molecule has 0 saturated carbocycles. The maximum atomic E-state index is 12.0. The van der Waals surface area contributed by atoms with Gasteiger partial charge in [-0.3, -0.25) is 9.78 Å². The number of terminal acetylenes is 1. The lowest BCUT2D eigenvalue weighted by atomic mass is 9.93. The molecule has 0 aliphatic carbocycles. The van der Waals surface area contributed by atoms with Crippen LogP contribution in [-0.2, 0) is 0 Å². The van der Waals surface area contributed by atoms with E-state index in [9.17, 15) is 4.79 Å². The zero-order valence-corrected chi connectivity index (χ0v) is 11.5. The van der Waals surface area contributed by atoms with E-state index in [2.05, 4.69) is 32.2 Å². The number of nitrogens with one attached hydrogen (secondary N) is 1. The molecule has 0 aromatic carbocycles. The van der Waals surface area contributed by atoms with Gasteiger partial charge in [0.05, 0.1) is 5.56 Å². The number of carbonyl (C=O) groups excluding carboxylic acids is 1. The highest BCUT2D eigenvalue weighted by Crippen LogP contribution is 2.16. The van der Waals surface area contributed by atoms with Crippen LogP contribution in [0, 0.1) is 12.3 Å². The molecule has 1 heterocycles. The van der Waals surface area contributed by atoms with Crippen LogP contribution in [0.15, 0.2) is 22.9 Å². The Morgan fingerprint density at radius 3 is 2.65 bits per heavy atom. The average molecular weight is 295 g/mol. The van der Waals surface area contributed by atoms with Crippen molar-refractivity contribution in [2.45, 2.75) is 32.2 Å². The predicted octanol–water partition coefficient (Wildman–Crippen LogP) is 2.77. The van der Waals surface area contributed by atoms with Gasteiger partial charge in [-0.1, -0.05) is 19.8 Å². The lowest BCUT2D eigenvalue weighted by Gasteiger charge is -2.26. The van der Waals surface area contributed by atoms with Crippen LogP contribution in [0.3, 0.4) is 0 Å². The molecule has 0 aliphatic rings. The fourth-order valence-electron chi connectivity index (χ4n) is 1.49. The molecule has 0 unspecified atom stereocenters.